The molecule has 0 aliphatic carbocycles. The number of hydrogen-bond donors (Lipinski definition) is 1. The number of benzene rings is 4. The average Bonchev–Trinajstić information content (AvgIpc) is 3.42. The van der Waals surface area contributed by atoms with Gasteiger partial charge in [-0.05, 0) is 46.5 Å². The van der Waals surface area contributed by atoms with Crippen LogP contribution < -0.4 is 4.90 Å². The second-order valence-electron chi connectivity index (χ2n) is 7.76. The highest BCUT2D eigenvalue weighted by atomic mass is 16.2. The Morgan fingerprint density at radius 1 is 0.774 bits per heavy atom. The van der Waals surface area contributed by atoms with Crippen molar-refractivity contribution < 1.29 is 4.79 Å². The molecule has 0 spiro atoms. The number of nitrogens with one attached hydrogen (secondary N) is 1. The summed E-state index contributed by atoms with van der Waals surface area (Å²) in [5.74, 6) is 0.0163. The Balaban J connectivity index is 1.47. The summed E-state index contributed by atoms with van der Waals surface area (Å²) in [5, 5.41) is 0. The molecule has 6 rings (SSSR count). The number of fused-ring (bicyclic) bond motifs is 2. The van der Waals surface area contributed by atoms with E-state index in [0.29, 0.717) is 0 Å². The number of anilines is 1. The minimum absolute atomic E-state index is 0.0163. The lowest BCUT2D eigenvalue weighted by atomic mass is 9.95. The molecule has 0 saturated heterocycles. The number of nitrogens with zero attached hydrogens (tertiary/aromatic N) is 2. The third-order valence-electron chi connectivity index (χ3n) is 5.98. The molecule has 31 heavy (non-hydrogen) atoms. The molecule has 0 radical (unpaired) electrons. The molecule has 1 N–H and O–H groups in total. The van der Waals surface area contributed by atoms with Gasteiger partial charge in [0.15, 0.2) is 0 Å². The van der Waals surface area contributed by atoms with Crippen LogP contribution in [0.25, 0.3) is 22.2 Å². The molecule has 4 nitrogen and oxygen atoms in total. The maximum absolute atomic E-state index is 13.4. The number of amides is 1. The van der Waals surface area contributed by atoms with Crippen LogP contribution in [0.15, 0.2) is 103 Å². The summed E-state index contributed by atoms with van der Waals surface area (Å²) in [6, 6.07) is 32.5. The van der Waals surface area contributed by atoms with Gasteiger partial charge >= 0.3 is 0 Å². The normalized spacial score (nSPS) is 15.4. The highest BCUT2D eigenvalue weighted by Crippen LogP contribution is 2.42. The van der Waals surface area contributed by atoms with Crippen molar-refractivity contribution in [3.8, 4) is 11.1 Å². The summed E-state index contributed by atoms with van der Waals surface area (Å²) < 4.78 is 0. The van der Waals surface area contributed by atoms with E-state index in [4.69, 9.17) is 0 Å². The van der Waals surface area contributed by atoms with Crippen molar-refractivity contribution in [2.75, 3.05) is 4.90 Å². The van der Waals surface area contributed by atoms with E-state index in [9.17, 15) is 4.79 Å². The zero-order chi connectivity index (χ0) is 20.8. The molecule has 0 bridgehead atoms. The molecular formula is C27H19N3O. The van der Waals surface area contributed by atoms with Gasteiger partial charge in [0.05, 0.1) is 23.4 Å². The minimum atomic E-state index is -0.176. The van der Waals surface area contributed by atoms with Gasteiger partial charge in [0.2, 0.25) is 0 Å². The van der Waals surface area contributed by atoms with Crippen molar-refractivity contribution in [1.29, 1.82) is 0 Å². The van der Waals surface area contributed by atoms with Gasteiger partial charge in [0.1, 0.15) is 0 Å². The predicted molar refractivity (Wildman–Crippen MR) is 123 cm³/mol. The maximum Gasteiger partial charge on any atom is 0.259 e. The zero-order valence-electron chi connectivity index (χ0n) is 16.7. The van der Waals surface area contributed by atoms with E-state index in [-0.39, 0.29) is 11.9 Å². The van der Waals surface area contributed by atoms with Crippen LogP contribution in [0.5, 0.6) is 0 Å². The maximum atomic E-state index is 13.4. The van der Waals surface area contributed by atoms with Gasteiger partial charge in [-0.2, -0.15) is 0 Å². The SMILES string of the molecule is O=C1c2ccccc2C(c2ccc(-c3ccccc3)cc2)N1c1ccc2[nH]cnc2c1. The number of carbonyl (C=O) groups excluding carboxylic acids is 1. The monoisotopic (exact) mass is 401 g/mol. The summed E-state index contributed by atoms with van der Waals surface area (Å²) in [7, 11) is 0. The van der Waals surface area contributed by atoms with E-state index >= 15 is 0 Å². The molecule has 0 saturated carbocycles. The predicted octanol–water partition coefficient (Wildman–Crippen LogP) is 5.98. The summed E-state index contributed by atoms with van der Waals surface area (Å²) in [6.07, 6.45) is 1.68. The lowest BCUT2D eigenvalue weighted by Gasteiger charge is -2.26. The number of aromatic nitrogens is 2. The third-order valence-corrected chi connectivity index (χ3v) is 5.98. The van der Waals surface area contributed by atoms with Gasteiger partial charge in [0, 0.05) is 11.3 Å². The van der Waals surface area contributed by atoms with Crippen LogP contribution in [-0.2, 0) is 0 Å². The average molecular weight is 401 g/mol. The molecule has 148 valence electrons. The standard InChI is InChI=1S/C27H19N3O/c31-27-23-9-5-4-8-22(23)26(30(27)21-14-15-24-25(16-21)29-17-28-24)20-12-10-19(11-13-20)18-6-2-1-3-7-18/h1-17,26H,(H,28,29). The Morgan fingerprint density at radius 2 is 1.52 bits per heavy atom. The van der Waals surface area contributed by atoms with E-state index in [1.54, 1.807) is 6.33 Å². The van der Waals surface area contributed by atoms with E-state index in [1.165, 1.54) is 5.56 Å². The van der Waals surface area contributed by atoms with Crippen LogP contribution in [0.4, 0.5) is 5.69 Å². The molecule has 1 aliphatic heterocycles. The minimum Gasteiger partial charge on any atom is -0.345 e. The fraction of sp³-hybridized carbons (Fsp3) is 0.0370. The second-order valence-corrected chi connectivity index (χ2v) is 7.76. The number of rotatable bonds is 3. The first-order chi connectivity index (χ1) is 15.3. The van der Waals surface area contributed by atoms with Crippen LogP contribution in [0.1, 0.15) is 27.5 Å². The fourth-order valence-electron chi connectivity index (χ4n) is 4.47. The zero-order valence-corrected chi connectivity index (χ0v) is 16.7. The van der Waals surface area contributed by atoms with Crippen molar-refractivity contribution in [2.24, 2.45) is 0 Å². The lowest BCUT2D eigenvalue weighted by molar-refractivity contribution is 0.0993. The number of aromatic amines is 1. The molecule has 1 amide bonds. The number of hydrogen-bond acceptors (Lipinski definition) is 2. The van der Waals surface area contributed by atoms with E-state index < -0.39 is 0 Å². The van der Waals surface area contributed by atoms with Gasteiger partial charge in [-0.3, -0.25) is 9.69 Å². The van der Waals surface area contributed by atoms with Gasteiger partial charge in [-0.25, -0.2) is 4.98 Å². The van der Waals surface area contributed by atoms with Crippen molar-refractivity contribution >= 4 is 22.6 Å². The highest BCUT2D eigenvalue weighted by Gasteiger charge is 2.38. The summed E-state index contributed by atoms with van der Waals surface area (Å²) in [5.41, 5.74) is 7.85. The Kier molecular flexibility index (Phi) is 3.96. The van der Waals surface area contributed by atoms with Gasteiger partial charge < -0.3 is 4.98 Å². The van der Waals surface area contributed by atoms with Crippen LogP contribution in [0.2, 0.25) is 0 Å². The Morgan fingerprint density at radius 3 is 2.35 bits per heavy atom. The van der Waals surface area contributed by atoms with Gasteiger partial charge in [-0.1, -0.05) is 72.8 Å². The van der Waals surface area contributed by atoms with Crippen LogP contribution in [0, 0.1) is 0 Å². The third kappa shape index (κ3) is 2.84. The van der Waals surface area contributed by atoms with E-state index in [2.05, 4.69) is 52.4 Å². The number of H-pyrrole nitrogens is 1. The molecule has 5 aromatic rings. The van der Waals surface area contributed by atoms with Crippen molar-refractivity contribution in [1.82, 2.24) is 9.97 Å². The smallest absolute Gasteiger partial charge is 0.259 e. The fourth-order valence-corrected chi connectivity index (χ4v) is 4.47. The Hall–Kier alpha value is -4.18. The summed E-state index contributed by atoms with van der Waals surface area (Å²) >= 11 is 0. The van der Waals surface area contributed by atoms with Crippen LogP contribution in [-0.4, -0.2) is 15.9 Å². The molecule has 1 unspecified atom stereocenters. The summed E-state index contributed by atoms with van der Waals surface area (Å²) in [6.45, 7) is 0. The summed E-state index contributed by atoms with van der Waals surface area (Å²) in [4.78, 5) is 22.8. The van der Waals surface area contributed by atoms with Gasteiger partial charge in [0.25, 0.3) is 5.91 Å². The quantitative estimate of drug-likeness (QED) is 0.404. The van der Waals surface area contributed by atoms with Crippen molar-refractivity contribution in [2.45, 2.75) is 6.04 Å². The van der Waals surface area contributed by atoms with E-state index in [1.807, 2.05) is 59.5 Å². The van der Waals surface area contributed by atoms with Crippen molar-refractivity contribution in [3.63, 3.8) is 0 Å². The second kappa shape index (κ2) is 6.96. The Labute approximate surface area is 179 Å². The number of carbonyl (C=O) groups is 1. The Bertz CT molecular complexity index is 1400. The first-order valence-electron chi connectivity index (χ1n) is 10.3. The number of imidazole rings is 1. The highest BCUT2D eigenvalue weighted by molar-refractivity contribution is 6.12. The largest absolute Gasteiger partial charge is 0.345 e. The molecule has 1 aliphatic rings. The molecule has 4 heteroatoms. The molecule has 0 fully saturated rings. The topological polar surface area (TPSA) is 49.0 Å². The molecule has 4 aromatic carbocycles. The molecule has 1 atom stereocenters. The molecule has 1 aromatic heterocycles. The first kappa shape index (κ1) is 17.7. The lowest BCUT2D eigenvalue weighted by Crippen LogP contribution is -2.28. The van der Waals surface area contributed by atoms with Crippen LogP contribution >= 0.6 is 0 Å². The first-order valence-corrected chi connectivity index (χ1v) is 10.3. The van der Waals surface area contributed by atoms with Crippen molar-refractivity contribution in [3.05, 3.63) is 120 Å². The molecule has 2 heterocycles. The van der Waals surface area contributed by atoms with Gasteiger partial charge in [-0.15, -0.1) is 0 Å². The van der Waals surface area contributed by atoms with E-state index in [0.717, 1.165) is 39.0 Å². The molecular weight excluding hydrogens is 382 g/mol. The van der Waals surface area contributed by atoms with Crippen LogP contribution in [0.3, 0.4) is 0 Å².